The number of nitrogens with zero attached hydrogens (tertiary/aromatic N) is 2. The van der Waals surface area contributed by atoms with Crippen LogP contribution in [-0.4, -0.2) is 50.0 Å². The summed E-state index contributed by atoms with van der Waals surface area (Å²) in [5.41, 5.74) is 1.36. The summed E-state index contributed by atoms with van der Waals surface area (Å²) >= 11 is 6.11. The van der Waals surface area contributed by atoms with Crippen LogP contribution in [0.5, 0.6) is 0 Å². The van der Waals surface area contributed by atoms with Crippen LogP contribution in [0.25, 0.3) is 0 Å². The number of hydrogen-bond donors (Lipinski definition) is 1. The molecule has 0 spiro atoms. The van der Waals surface area contributed by atoms with Gasteiger partial charge in [0.25, 0.3) is 0 Å². The molecular weight excluding hydrogens is 474 g/mol. The fraction of sp³-hybridized carbons (Fsp3) is 0.440. The standard InChI is InChI=1S/C25H34ClN3O4S/c1-5-19(2)27-25(31)20(3)28(18-21-11-9-12-22(26)17-21)24(30)15-10-16-29(34(4,32)33)23-13-7-6-8-14-23/h6-9,11-14,17,19-20H,5,10,15-16,18H2,1-4H3,(H,27,31)/t19-,20+/m1/s1. The van der Waals surface area contributed by atoms with Gasteiger partial charge in [-0.3, -0.25) is 13.9 Å². The summed E-state index contributed by atoms with van der Waals surface area (Å²) in [6.07, 6.45) is 2.34. The van der Waals surface area contributed by atoms with Gasteiger partial charge in [-0.25, -0.2) is 8.42 Å². The monoisotopic (exact) mass is 507 g/mol. The van der Waals surface area contributed by atoms with Crippen LogP contribution < -0.4 is 9.62 Å². The molecule has 1 N–H and O–H groups in total. The molecule has 7 nitrogen and oxygen atoms in total. The molecular formula is C25H34ClN3O4S. The second kappa shape index (κ2) is 12.8. The minimum atomic E-state index is -3.51. The van der Waals surface area contributed by atoms with E-state index in [2.05, 4.69) is 5.32 Å². The fourth-order valence-corrected chi connectivity index (χ4v) is 4.66. The van der Waals surface area contributed by atoms with E-state index in [1.165, 1.54) is 9.21 Å². The third-order valence-electron chi connectivity index (χ3n) is 5.61. The number of nitrogens with one attached hydrogen (secondary N) is 1. The van der Waals surface area contributed by atoms with Crippen LogP contribution in [0.2, 0.25) is 5.02 Å². The van der Waals surface area contributed by atoms with Crippen LogP contribution >= 0.6 is 11.6 Å². The molecule has 2 aromatic rings. The molecule has 0 saturated carbocycles. The summed E-state index contributed by atoms with van der Waals surface area (Å²) in [7, 11) is -3.51. The molecule has 2 aromatic carbocycles. The van der Waals surface area contributed by atoms with E-state index >= 15 is 0 Å². The first-order valence-electron chi connectivity index (χ1n) is 11.4. The molecule has 0 bridgehead atoms. The van der Waals surface area contributed by atoms with E-state index in [1.54, 1.807) is 49.4 Å². The Balaban J connectivity index is 2.15. The van der Waals surface area contributed by atoms with Crippen LogP contribution in [0.15, 0.2) is 54.6 Å². The highest BCUT2D eigenvalue weighted by atomic mass is 35.5. The lowest BCUT2D eigenvalue weighted by Crippen LogP contribution is -2.49. The Kier molecular flexibility index (Phi) is 10.4. The first-order chi connectivity index (χ1) is 16.0. The Morgan fingerprint density at radius 3 is 2.32 bits per heavy atom. The summed E-state index contributed by atoms with van der Waals surface area (Å²) in [6.45, 7) is 5.98. The molecule has 0 aliphatic heterocycles. The van der Waals surface area contributed by atoms with Crippen molar-refractivity contribution in [2.75, 3.05) is 17.1 Å². The summed E-state index contributed by atoms with van der Waals surface area (Å²) in [5, 5.41) is 3.48. The zero-order chi connectivity index (χ0) is 25.3. The Morgan fingerprint density at radius 2 is 1.74 bits per heavy atom. The Labute approximate surface area is 208 Å². The fourth-order valence-electron chi connectivity index (χ4n) is 3.48. The number of halogens is 1. The van der Waals surface area contributed by atoms with Crippen LogP contribution in [-0.2, 0) is 26.2 Å². The van der Waals surface area contributed by atoms with E-state index in [-0.39, 0.29) is 37.4 Å². The number of carbonyl (C=O) groups excluding carboxylic acids is 2. The Hall–Kier alpha value is -2.58. The zero-order valence-corrected chi connectivity index (χ0v) is 21.8. The second-order valence-corrected chi connectivity index (χ2v) is 10.8. The van der Waals surface area contributed by atoms with Gasteiger partial charge in [-0.2, -0.15) is 0 Å². The Morgan fingerprint density at radius 1 is 1.06 bits per heavy atom. The average molecular weight is 508 g/mol. The van der Waals surface area contributed by atoms with Gasteiger partial charge in [-0.05, 0) is 56.5 Å². The number of carbonyl (C=O) groups is 2. The molecule has 186 valence electrons. The molecule has 0 unspecified atom stereocenters. The average Bonchev–Trinajstić information content (AvgIpc) is 2.79. The Bertz CT molecular complexity index is 1060. The van der Waals surface area contributed by atoms with Crippen LogP contribution in [0.4, 0.5) is 5.69 Å². The van der Waals surface area contributed by atoms with Gasteiger partial charge in [0.05, 0.1) is 11.9 Å². The maximum Gasteiger partial charge on any atom is 0.242 e. The van der Waals surface area contributed by atoms with E-state index in [4.69, 9.17) is 11.6 Å². The molecule has 0 radical (unpaired) electrons. The second-order valence-electron chi connectivity index (χ2n) is 8.42. The number of anilines is 1. The van der Waals surface area contributed by atoms with Crippen LogP contribution in [0.3, 0.4) is 0 Å². The maximum absolute atomic E-state index is 13.2. The molecule has 2 rings (SSSR count). The number of benzene rings is 2. The summed E-state index contributed by atoms with van der Waals surface area (Å²) in [5.74, 6) is -0.458. The van der Waals surface area contributed by atoms with Crippen molar-refractivity contribution in [3.05, 3.63) is 65.2 Å². The molecule has 0 fully saturated rings. The number of para-hydroxylation sites is 1. The van der Waals surface area contributed by atoms with Gasteiger partial charge < -0.3 is 10.2 Å². The van der Waals surface area contributed by atoms with Gasteiger partial charge >= 0.3 is 0 Å². The normalized spacial score (nSPS) is 13.1. The summed E-state index contributed by atoms with van der Waals surface area (Å²) in [6, 6.07) is 15.2. The molecule has 0 aliphatic rings. The van der Waals surface area contributed by atoms with Gasteiger partial charge in [0.2, 0.25) is 21.8 Å². The van der Waals surface area contributed by atoms with Crippen molar-refractivity contribution in [1.29, 1.82) is 0 Å². The minimum absolute atomic E-state index is 0.00716. The highest BCUT2D eigenvalue weighted by molar-refractivity contribution is 7.92. The lowest BCUT2D eigenvalue weighted by Gasteiger charge is -2.30. The smallest absolute Gasteiger partial charge is 0.242 e. The van der Waals surface area contributed by atoms with E-state index in [1.807, 2.05) is 26.0 Å². The molecule has 2 atom stereocenters. The third kappa shape index (κ3) is 8.33. The SMILES string of the molecule is CC[C@@H](C)NC(=O)[C@H](C)N(Cc1cccc(Cl)c1)C(=O)CCCN(c1ccccc1)S(C)(=O)=O. The predicted molar refractivity (Wildman–Crippen MR) is 137 cm³/mol. The van der Waals surface area contributed by atoms with E-state index in [0.717, 1.165) is 18.2 Å². The largest absolute Gasteiger partial charge is 0.352 e. The maximum atomic E-state index is 13.2. The molecule has 9 heteroatoms. The lowest BCUT2D eigenvalue weighted by molar-refractivity contribution is -0.140. The van der Waals surface area contributed by atoms with E-state index < -0.39 is 16.1 Å². The highest BCUT2D eigenvalue weighted by Crippen LogP contribution is 2.19. The number of rotatable bonds is 12. The molecule has 0 saturated heterocycles. The van der Waals surface area contributed by atoms with E-state index in [9.17, 15) is 18.0 Å². The lowest BCUT2D eigenvalue weighted by atomic mass is 10.1. The van der Waals surface area contributed by atoms with Gasteiger partial charge in [-0.1, -0.05) is 48.9 Å². The van der Waals surface area contributed by atoms with Gasteiger partial charge in [-0.15, -0.1) is 0 Å². The molecule has 2 amide bonds. The molecule has 34 heavy (non-hydrogen) atoms. The highest BCUT2D eigenvalue weighted by Gasteiger charge is 2.27. The molecule has 0 heterocycles. The van der Waals surface area contributed by atoms with E-state index in [0.29, 0.717) is 17.1 Å². The predicted octanol–water partition coefficient (Wildman–Crippen LogP) is 4.22. The van der Waals surface area contributed by atoms with Crippen LogP contribution in [0, 0.1) is 0 Å². The first kappa shape index (κ1) is 27.7. The van der Waals surface area contributed by atoms with Crippen molar-refractivity contribution in [1.82, 2.24) is 10.2 Å². The topological polar surface area (TPSA) is 86.8 Å². The van der Waals surface area contributed by atoms with Gasteiger partial charge in [0, 0.05) is 30.6 Å². The molecule has 0 aliphatic carbocycles. The quantitative estimate of drug-likeness (QED) is 0.466. The summed E-state index contributed by atoms with van der Waals surface area (Å²) in [4.78, 5) is 27.6. The number of hydrogen-bond acceptors (Lipinski definition) is 4. The number of sulfonamides is 1. The van der Waals surface area contributed by atoms with Crippen molar-refractivity contribution in [3.8, 4) is 0 Å². The molecule has 0 aromatic heterocycles. The summed E-state index contributed by atoms with van der Waals surface area (Å²) < 4.78 is 25.9. The van der Waals surface area contributed by atoms with Crippen molar-refractivity contribution in [3.63, 3.8) is 0 Å². The minimum Gasteiger partial charge on any atom is -0.352 e. The first-order valence-corrected chi connectivity index (χ1v) is 13.6. The number of amides is 2. The van der Waals surface area contributed by atoms with Crippen molar-refractivity contribution >= 4 is 39.1 Å². The van der Waals surface area contributed by atoms with Crippen molar-refractivity contribution in [2.45, 2.75) is 58.7 Å². The zero-order valence-electron chi connectivity index (χ0n) is 20.2. The van der Waals surface area contributed by atoms with Crippen molar-refractivity contribution < 1.29 is 18.0 Å². The van der Waals surface area contributed by atoms with Gasteiger partial charge in [0.1, 0.15) is 6.04 Å². The van der Waals surface area contributed by atoms with Gasteiger partial charge in [0.15, 0.2) is 0 Å². The van der Waals surface area contributed by atoms with Crippen LogP contribution in [0.1, 0.15) is 45.6 Å². The van der Waals surface area contributed by atoms with Crippen molar-refractivity contribution in [2.24, 2.45) is 0 Å². The third-order valence-corrected chi connectivity index (χ3v) is 7.04.